The summed E-state index contributed by atoms with van der Waals surface area (Å²) in [7, 11) is 0. The Morgan fingerprint density at radius 3 is 2.40 bits per heavy atom. The molecule has 1 saturated heterocycles. The molecule has 0 aromatic rings. The molecule has 2 N–H and O–H groups in total. The third kappa shape index (κ3) is 4.37. The molecule has 1 heterocycles. The summed E-state index contributed by atoms with van der Waals surface area (Å²) < 4.78 is 5.29. The zero-order valence-electron chi connectivity index (χ0n) is 13.4. The van der Waals surface area contributed by atoms with Crippen molar-refractivity contribution >= 4 is 5.96 Å². The molecule has 20 heavy (non-hydrogen) atoms. The second-order valence-corrected chi connectivity index (χ2v) is 6.77. The first-order valence-corrected chi connectivity index (χ1v) is 8.28. The van der Waals surface area contributed by atoms with Crippen LogP contribution in [0, 0.1) is 11.3 Å². The Hall–Kier alpha value is -0.770. The van der Waals surface area contributed by atoms with Crippen LogP contribution in [0.15, 0.2) is 4.99 Å². The number of nitrogens with zero attached hydrogens (tertiary/aromatic N) is 1. The molecular weight excluding hydrogens is 250 g/mol. The minimum Gasteiger partial charge on any atom is -0.380 e. The second-order valence-electron chi connectivity index (χ2n) is 6.77. The predicted octanol–water partition coefficient (Wildman–Crippen LogP) is 2.55. The van der Waals surface area contributed by atoms with Crippen LogP contribution in [0.4, 0.5) is 0 Å². The predicted molar refractivity (Wildman–Crippen MR) is 84.1 cm³/mol. The van der Waals surface area contributed by atoms with E-state index in [9.17, 15) is 0 Å². The standard InChI is InChI=1S/C16H31N3O/c1-4-13-6-8-14(9-7-13)19-15(17-5-2)18-10-16(3)11-20-12-16/h13-14H,4-12H2,1-3H3,(H2,17,18,19). The lowest BCUT2D eigenvalue weighted by Crippen LogP contribution is -2.47. The highest BCUT2D eigenvalue weighted by molar-refractivity contribution is 5.80. The molecule has 0 radical (unpaired) electrons. The summed E-state index contributed by atoms with van der Waals surface area (Å²) >= 11 is 0. The number of aliphatic imine (C=N–C) groups is 1. The Morgan fingerprint density at radius 2 is 1.90 bits per heavy atom. The van der Waals surface area contributed by atoms with Crippen molar-refractivity contribution in [3.63, 3.8) is 0 Å². The zero-order chi connectivity index (χ0) is 14.4. The van der Waals surface area contributed by atoms with Gasteiger partial charge in [0.25, 0.3) is 0 Å². The fourth-order valence-electron chi connectivity index (χ4n) is 3.04. The van der Waals surface area contributed by atoms with Crippen LogP contribution < -0.4 is 10.6 Å². The highest BCUT2D eigenvalue weighted by Crippen LogP contribution is 2.27. The number of nitrogens with one attached hydrogen (secondary N) is 2. The maximum atomic E-state index is 5.29. The van der Waals surface area contributed by atoms with Crippen LogP contribution in [0.2, 0.25) is 0 Å². The quantitative estimate of drug-likeness (QED) is 0.601. The summed E-state index contributed by atoms with van der Waals surface area (Å²) in [5, 5.41) is 6.99. The largest absolute Gasteiger partial charge is 0.380 e. The molecule has 0 amide bonds. The summed E-state index contributed by atoms with van der Waals surface area (Å²) in [5.41, 5.74) is 0.252. The molecule has 0 bridgehead atoms. The van der Waals surface area contributed by atoms with E-state index < -0.39 is 0 Å². The summed E-state index contributed by atoms with van der Waals surface area (Å²) in [6.07, 6.45) is 6.62. The zero-order valence-corrected chi connectivity index (χ0v) is 13.4. The topological polar surface area (TPSA) is 45.7 Å². The van der Waals surface area contributed by atoms with Crippen molar-refractivity contribution in [2.24, 2.45) is 16.3 Å². The average Bonchev–Trinajstić information content (AvgIpc) is 2.44. The van der Waals surface area contributed by atoms with Gasteiger partial charge >= 0.3 is 0 Å². The lowest BCUT2D eigenvalue weighted by atomic mass is 9.84. The molecule has 0 unspecified atom stereocenters. The van der Waals surface area contributed by atoms with Crippen molar-refractivity contribution in [1.82, 2.24) is 10.6 Å². The molecule has 2 fully saturated rings. The normalized spacial score (nSPS) is 29.6. The van der Waals surface area contributed by atoms with Crippen molar-refractivity contribution in [2.45, 2.75) is 58.9 Å². The average molecular weight is 281 g/mol. The molecule has 0 aromatic carbocycles. The highest BCUT2D eigenvalue weighted by Gasteiger charge is 2.33. The molecule has 1 aliphatic carbocycles. The van der Waals surface area contributed by atoms with Gasteiger partial charge in [-0.1, -0.05) is 20.3 Å². The molecule has 2 rings (SSSR count). The summed E-state index contributed by atoms with van der Waals surface area (Å²) in [6.45, 7) is 10.1. The van der Waals surface area contributed by atoms with Crippen molar-refractivity contribution < 1.29 is 4.74 Å². The minimum atomic E-state index is 0.252. The van der Waals surface area contributed by atoms with Crippen molar-refractivity contribution in [3.05, 3.63) is 0 Å². The highest BCUT2D eigenvalue weighted by atomic mass is 16.5. The second kappa shape index (κ2) is 7.30. The summed E-state index contributed by atoms with van der Waals surface area (Å²) in [5.74, 6) is 1.93. The molecule has 0 atom stereocenters. The number of ether oxygens (including phenoxy) is 1. The molecule has 4 heteroatoms. The number of hydrogen-bond donors (Lipinski definition) is 2. The Kier molecular flexibility index (Phi) is 5.70. The van der Waals surface area contributed by atoms with Crippen LogP contribution in [-0.2, 0) is 4.74 Å². The Bertz CT molecular complexity index is 318. The lowest BCUT2D eigenvalue weighted by molar-refractivity contribution is -0.0945. The fraction of sp³-hybridized carbons (Fsp3) is 0.938. The first-order chi connectivity index (χ1) is 9.65. The van der Waals surface area contributed by atoms with E-state index in [-0.39, 0.29) is 5.41 Å². The van der Waals surface area contributed by atoms with Crippen molar-refractivity contribution in [2.75, 3.05) is 26.3 Å². The summed E-state index contributed by atoms with van der Waals surface area (Å²) in [4.78, 5) is 4.75. The van der Waals surface area contributed by atoms with E-state index in [1.165, 1.54) is 32.1 Å². The first-order valence-electron chi connectivity index (χ1n) is 8.28. The molecule has 4 nitrogen and oxygen atoms in total. The molecule has 1 aliphatic heterocycles. The number of hydrogen-bond acceptors (Lipinski definition) is 2. The van der Waals surface area contributed by atoms with Crippen LogP contribution in [0.25, 0.3) is 0 Å². The van der Waals surface area contributed by atoms with Crippen LogP contribution in [0.3, 0.4) is 0 Å². The van der Waals surface area contributed by atoms with Crippen molar-refractivity contribution in [1.29, 1.82) is 0 Å². The Balaban J connectivity index is 1.81. The summed E-state index contributed by atoms with van der Waals surface area (Å²) in [6, 6.07) is 0.598. The van der Waals surface area contributed by atoms with Gasteiger partial charge in [-0.05, 0) is 38.5 Å². The molecular formula is C16H31N3O. The number of guanidine groups is 1. The van der Waals surface area contributed by atoms with Gasteiger partial charge in [-0.15, -0.1) is 0 Å². The Labute approximate surface area is 123 Å². The van der Waals surface area contributed by atoms with E-state index in [0.717, 1.165) is 38.2 Å². The van der Waals surface area contributed by atoms with Crippen LogP contribution >= 0.6 is 0 Å². The maximum Gasteiger partial charge on any atom is 0.191 e. The van der Waals surface area contributed by atoms with Gasteiger partial charge in [0.05, 0.1) is 19.8 Å². The van der Waals surface area contributed by atoms with E-state index in [4.69, 9.17) is 9.73 Å². The van der Waals surface area contributed by atoms with E-state index in [1.54, 1.807) is 0 Å². The van der Waals surface area contributed by atoms with Gasteiger partial charge in [0, 0.05) is 18.0 Å². The van der Waals surface area contributed by atoms with Gasteiger partial charge < -0.3 is 15.4 Å². The SMILES string of the molecule is CCNC(=NCC1(C)COC1)NC1CCC(CC)CC1. The maximum absolute atomic E-state index is 5.29. The van der Waals surface area contributed by atoms with E-state index in [0.29, 0.717) is 6.04 Å². The van der Waals surface area contributed by atoms with Crippen LogP contribution in [-0.4, -0.2) is 38.3 Å². The Morgan fingerprint density at radius 1 is 1.20 bits per heavy atom. The van der Waals surface area contributed by atoms with Crippen LogP contribution in [0.5, 0.6) is 0 Å². The third-order valence-electron chi connectivity index (χ3n) is 4.63. The molecule has 0 aromatic heterocycles. The monoisotopic (exact) mass is 281 g/mol. The number of rotatable bonds is 5. The van der Waals surface area contributed by atoms with Gasteiger partial charge in [-0.25, -0.2) is 0 Å². The minimum absolute atomic E-state index is 0.252. The fourth-order valence-corrected chi connectivity index (χ4v) is 3.04. The van der Waals surface area contributed by atoms with Gasteiger partial charge in [0.1, 0.15) is 0 Å². The van der Waals surface area contributed by atoms with E-state index in [1.807, 2.05) is 0 Å². The molecule has 116 valence electrons. The van der Waals surface area contributed by atoms with Crippen molar-refractivity contribution in [3.8, 4) is 0 Å². The van der Waals surface area contributed by atoms with Gasteiger partial charge in [0.15, 0.2) is 5.96 Å². The van der Waals surface area contributed by atoms with Gasteiger partial charge in [0.2, 0.25) is 0 Å². The van der Waals surface area contributed by atoms with E-state index >= 15 is 0 Å². The van der Waals surface area contributed by atoms with Crippen LogP contribution in [0.1, 0.15) is 52.9 Å². The smallest absolute Gasteiger partial charge is 0.191 e. The molecule has 2 aliphatic rings. The van der Waals surface area contributed by atoms with Gasteiger partial charge in [-0.2, -0.15) is 0 Å². The first kappa shape index (κ1) is 15.6. The van der Waals surface area contributed by atoms with E-state index in [2.05, 4.69) is 31.4 Å². The third-order valence-corrected chi connectivity index (χ3v) is 4.63. The molecule has 1 saturated carbocycles. The lowest BCUT2D eigenvalue weighted by Gasteiger charge is -2.37. The van der Waals surface area contributed by atoms with Gasteiger partial charge in [-0.3, -0.25) is 4.99 Å². The molecule has 0 spiro atoms.